The number of nitrogens with one attached hydrogen (secondary N) is 1. The van der Waals surface area contributed by atoms with Crippen molar-refractivity contribution in [2.24, 2.45) is 0 Å². The van der Waals surface area contributed by atoms with Gasteiger partial charge in [0.1, 0.15) is 0 Å². The lowest BCUT2D eigenvalue weighted by Crippen LogP contribution is -2.31. The first-order valence-electron chi connectivity index (χ1n) is 11.9. The van der Waals surface area contributed by atoms with Gasteiger partial charge >= 0.3 is 0 Å². The Bertz CT molecular complexity index is 940. The molecule has 2 aromatic heterocycles. The van der Waals surface area contributed by atoms with Crippen molar-refractivity contribution in [2.45, 2.75) is 46.1 Å². The fourth-order valence-corrected chi connectivity index (χ4v) is 5.26. The highest BCUT2D eigenvalue weighted by Gasteiger charge is 2.11. The highest BCUT2D eigenvalue weighted by atomic mass is 32.1. The molecule has 0 spiro atoms. The zero-order valence-electron chi connectivity index (χ0n) is 19.1. The van der Waals surface area contributed by atoms with Gasteiger partial charge in [-0.3, -0.25) is 4.90 Å². The normalized spacial score (nSPS) is 15.1. The molecule has 1 N–H and O–H groups in total. The lowest BCUT2D eigenvalue weighted by Gasteiger charge is -2.26. The molecule has 31 heavy (non-hydrogen) atoms. The van der Waals surface area contributed by atoms with Crippen molar-refractivity contribution in [3.8, 4) is 11.3 Å². The zero-order chi connectivity index (χ0) is 21.5. The molecule has 0 unspecified atom stereocenters. The Balaban J connectivity index is 1.43. The van der Waals surface area contributed by atoms with Crippen molar-refractivity contribution in [3.05, 3.63) is 47.3 Å². The van der Waals surface area contributed by atoms with Gasteiger partial charge in [-0.05, 0) is 75.1 Å². The molecule has 1 aliphatic heterocycles. The van der Waals surface area contributed by atoms with Gasteiger partial charge in [0.2, 0.25) is 0 Å². The van der Waals surface area contributed by atoms with E-state index < -0.39 is 0 Å². The maximum absolute atomic E-state index is 4.94. The van der Waals surface area contributed by atoms with Crippen LogP contribution in [0.5, 0.6) is 0 Å². The van der Waals surface area contributed by atoms with E-state index in [2.05, 4.69) is 70.7 Å². The predicted octanol–water partition coefficient (Wildman–Crippen LogP) is 6.09. The van der Waals surface area contributed by atoms with Crippen molar-refractivity contribution < 1.29 is 0 Å². The topological polar surface area (TPSA) is 31.4 Å². The molecule has 3 aromatic rings. The second-order valence-electron chi connectivity index (χ2n) is 8.53. The Kier molecular flexibility index (Phi) is 7.95. The monoisotopic (exact) mass is 436 g/mol. The predicted molar refractivity (Wildman–Crippen MR) is 135 cm³/mol. The number of nitrogens with zero attached hydrogens (tertiary/aromatic N) is 3. The molecule has 166 valence electrons. The van der Waals surface area contributed by atoms with Crippen LogP contribution < -0.4 is 5.32 Å². The number of piperidine rings is 1. The maximum Gasteiger partial charge on any atom is 0.0838 e. The van der Waals surface area contributed by atoms with Crippen molar-refractivity contribution in [1.82, 2.24) is 14.8 Å². The van der Waals surface area contributed by atoms with Gasteiger partial charge in [0, 0.05) is 18.7 Å². The Morgan fingerprint density at radius 1 is 1.03 bits per heavy atom. The quantitative estimate of drug-likeness (QED) is 0.390. The second-order valence-corrected chi connectivity index (χ2v) is 9.45. The van der Waals surface area contributed by atoms with E-state index in [4.69, 9.17) is 4.98 Å². The van der Waals surface area contributed by atoms with Crippen molar-refractivity contribution in [1.29, 1.82) is 0 Å². The van der Waals surface area contributed by atoms with E-state index in [9.17, 15) is 0 Å². The standard InChI is InChI=1S/C26H36N4S/c1-3-29(4-2)20-21-9-11-22(12-10-21)24-19-25(26-23(28-24)13-18-31-26)27-14-8-17-30-15-6-5-7-16-30/h9-13,18-19H,3-8,14-17,20H2,1-2H3,(H,27,28). The minimum absolute atomic E-state index is 1.01. The van der Waals surface area contributed by atoms with E-state index in [0.29, 0.717) is 0 Å². The summed E-state index contributed by atoms with van der Waals surface area (Å²) in [5.74, 6) is 0. The first kappa shape index (κ1) is 22.3. The van der Waals surface area contributed by atoms with E-state index in [0.717, 1.165) is 37.4 Å². The molecular formula is C26H36N4S. The number of thiophene rings is 1. The Hall–Kier alpha value is -1.95. The molecule has 4 nitrogen and oxygen atoms in total. The van der Waals surface area contributed by atoms with Crippen LogP contribution in [-0.4, -0.2) is 54.1 Å². The third-order valence-corrected chi connectivity index (χ3v) is 7.31. The fourth-order valence-electron chi connectivity index (χ4n) is 4.43. The van der Waals surface area contributed by atoms with Gasteiger partial charge < -0.3 is 10.2 Å². The summed E-state index contributed by atoms with van der Waals surface area (Å²) in [6.45, 7) is 12.4. The summed E-state index contributed by atoms with van der Waals surface area (Å²) in [6, 6.07) is 13.3. The van der Waals surface area contributed by atoms with Crippen LogP contribution in [0, 0.1) is 0 Å². The molecule has 0 bridgehead atoms. The Morgan fingerprint density at radius 3 is 2.55 bits per heavy atom. The molecule has 1 aromatic carbocycles. The first-order chi connectivity index (χ1) is 15.3. The highest BCUT2D eigenvalue weighted by molar-refractivity contribution is 7.17. The van der Waals surface area contributed by atoms with E-state index >= 15 is 0 Å². The number of rotatable bonds is 10. The average molecular weight is 437 g/mol. The minimum Gasteiger partial charge on any atom is -0.384 e. The molecule has 4 rings (SSSR count). The second kappa shape index (κ2) is 11.1. The van der Waals surface area contributed by atoms with Crippen LogP contribution in [0.3, 0.4) is 0 Å². The van der Waals surface area contributed by atoms with E-state index in [1.165, 1.54) is 66.8 Å². The minimum atomic E-state index is 1.01. The smallest absolute Gasteiger partial charge is 0.0838 e. The van der Waals surface area contributed by atoms with Crippen molar-refractivity contribution >= 4 is 27.2 Å². The summed E-state index contributed by atoms with van der Waals surface area (Å²) in [5.41, 5.74) is 5.92. The highest BCUT2D eigenvalue weighted by Crippen LogP contribution is 2.32. The number of pyridine rings is 1. The van der Waals surface area contributed by atoms with Crippen LogP contribution in [0.25, 0.3) is 21.5 Å². The van der Waals surface area contributed by atoms with Gasteiger partial charge in [0.25, 0.3) is 0 Å². The molecule has 3 heterocycles. The van der Waals surface area contributed by atoms with Gasteiger partial charge in [-0.25, -0.2) is 4.98 Å². The average Bonchev–Trinajstić information content (AvgIpc) is 3.30. The molecule has 0 atom stereocenters. The van der Waals surface area contributed by atoms with Crippen LogP contribution >= 0.6 is 11.3 Å². The van der Waals surface area contributed by atoms with Crippen LogP contribution in [0.1, 0.15) is 45.1 Å². The lowest BCUT2D eigenvalue weighted by molar-refractivity contribution is 0.228. The van der Waals surface area contributed by atoms with E-state index in [-0.39, 0.29) is 0 Å². The van der Waals surface area contributed by atoms with Crippen LogP contribution in [0.2, 0.25) is 0 Å². The Morgan fingerprint density at radius 2 is 1.81 bits per heavy atom. The van der Waals surface area contributed by atoms with E-state index in [1.807, 2.05) is 0 Å². The molecule has 0 amide bonds. The van der Waals surface area contributed by atoms with E-state index in [1.54, 1.807) is 11.3 Å². The number of aromatic nitrogens is 1. The van der Waals surface area contributed by atoms with Gasteiger partial charge in [-0.2, -0.15) is 0 Å². The van der Waals surface area contributed by atoms with Gasteiger partial charge in [-0.1, -0.05) is 44.5 Å². The third-order valence-electron chi connectivity index (χ3n) is 6.38. The van der Waals surface area contributed by atoms with Gasteiger partial charge in [0.05, 0.1) is 21.6 Å². The zero-order valence-corrected chi connectivity index (χ0v) is 19.9. The van der Waals surface area contributed by atoms with Crippen molar-refractivity contribution in [3.63, 3.8) is 0 Å². The molecule has 0 aliphatic carbocycles. The summed E-state index contributed by atoms with van der Waals surface area (Å²) in [7, 11) is 0. The fraction of sp³-hybridized carbons (Fsp3) is 0.500. The summed E-state index contributed by atoms with van der Waals surface area (Å²) in [4.78, 5) is 10.00. The summed E-state index contributed by atoms with van der Waals surface area (Å²) in [5, 5.41) is 5.86. The molecule has 0 saturated carbocycles. The largest absolute Gasteiger partial charge is 0.384 e. The molecule has 5 heteroatoms. The van der Waals surface area contributed by atoms with Gasteiger partial charge in [-0.15, -0.1) is 11.3 Å². The molecule has 0 radical (unpaired) electrons. The van der Waals surface area contributed by atoms with Gasteiger partial charge in [0.15, 0.2) is 0 Å². The number of fused-ring (bicyclic) bond motifs is 1. The molecule has 1 fully saturated rings. The number of benzene rings is 1. The number of hydrogen-bond donors (Lipinski definition) is 1. The van der Waals surface area contributed by atoms with Crippen LogP contribution in [0.4, 0.5) is 5.69 Å². The van der Waals surface area contributed by atoms with Crippen LogP contribution in [-0.2, 0) is 6.54 Å². The molecule has 1 saturated heterocycles. The summed E-state index contributed by atoms with van der Waals surface area (Å²) < 4.78 is 1.26. The molecular weight excluding hydrogens is 400 g/mol. The SMILES string of the molecule is CCN(CC)Cc1ccc(-c2cc(NCCCN3CCCCC3)c3sccc3n2)cc1. The number of hydrogen-bond acceptors (Lipinski definition) is 5. The first-order valence-corrected chi connectivity index (χ1v) is 12.8. The van der Waals surface area contributed by atoms with Crippen molar-refractivity contribution in [2.75, 3.05) is 44.6 Å². The summed E-state index contributed by atoms with van der Waals surface area (Å²) >= 11 is 1.78. The summed E-state index contributed by atoms with van der Waals surface area (Å²) in [6.07, 6.45) is 5.32. The van der Waals surface area contributed by atoms with Crippen LogP contribution in [0.15, 0.2) is 41.8 Å². The lowest BCUT2D eigenvalue weighted by atomic mass is 10.1. The maximum atomic E-state index is 4.94. The third kappa shape index (κ3) is 5.85. The molecule has 1 aliphatic rings. The number of likely N-dealkylation sites (tertiary alicyclic amines) is 1. The number of anilines is 1. The Labute approximate surface area is 191 Å².